The highest BCUT2D eigenvalue weighted by Crippen LogP contribution is 2.22. The van der Waals surface area contributed by atoms with Crippen molar-refractivity contribution in [3.05, 3.63) is 12.0 Å². The van der Waals surface area contributed by atoms with Crippen LogP contribution in [-0.4, -0.2) is 23.6 Å². The average molecular weight is 240 g/mol. The first-order chi connectivity index (χ1) is 7.84. The normalized spacial score (nSPS) is 13.2. The molecule has 96 valence electrons. The second-order valence-corrected chi connectivity index (χ2v) is 4.99. The second kappa shape index (κ2) is 5.21. The van der Waals surface area contributed by atoms with Crippen LogP contribution in [0.3, 0.4) is 0 Å². The molecule has 1 rings (SSSR count). The van der Waals surface area contributed by atoms with Crippen LogP contribution in [0, 0.1) is 5.41 Å². The number of hydrogen-bond acceptors (Lipinski definition) is 5. The van der Waals surface area contributed by atoms with Gasteiger partial charge in [-0.2, -0.15) is 4.98 Å². The molecular weight excluding hydrogens is 220 g/mol. The van der Waals surface area contributed by atoms with Gasteiger partial charge in [0.2, 0.25) is 0 Å². The lowest BCUT2D eigenvalue weighted by Gasteiger charge is -2.27. The summed E-state index contributed by atoms with van der Waals surface area (Å²) in [5, 5.41) is 3.11. The predicted molar refractivity (Wildman–Crippen MR) is 65.0 cm³/mol. The Morgan fingerprint density at radius 3 is 2.76 bits per heavy atom. The first-order valence-electron chi connectivity index (χ1n) is 5.73. The highest BCUT2D eigenvalue weighted by molar-refractivity contribution is 5.87. The molecule has 0 bridgehead atoms. The number of ether oxygens (including phenoxy) is 1. The number of oxazole rings is 1. The molecule has 1 N–H and O–H groups in total. The Labute approximate surface area is 102 Å². The van der Waals surface area contributed by atoms with Crippen molar-refractivity contribution < 1.29 is 13.9 Å². The first-order valence-corrected chi connectivity index (χ1v) is 5.73. The van der Waals surface area contributed by atoms with Gasteiger partial charge in [-0.25, -0.2) is 4.79 Å². The summed E-state index contributed by atoms with van der Waals surface area (Å²) in [6.07, 6.45) is 1.30. The van der Waals surface area contributed by atoms with E-state index in [1.807, 2.05) is 6.92 Å². The van der Waals surface area contributed by atoms with E-state index >= 15 is 0 Å². The van der Waals surface area contributed by atoms with Crippen LogP contribution in [0.15, 0.2) is 10.7 Å². The number of nitrogens with one attached hydrogen (secondary N) is 1. The largest absolute Gasteiger partial charge is 0.461 e. The van der Waals surface area contributed by atoms with E-state index in [0.29, 0.717) is 12.6 Å². The summed E-state index contributed by atoms with van der Waals surface area (Å²) in [5.41, 5.74) is 0.272. The molecule has 5 nitrogen and oxygen atoms in total. The lowest BCUT2D eigenvalue weighted by atomic mass is 9.88. The molecule has 0 aliphatic heterocycles. The van der Waals surface area contributed by atoms with Crippen LogP contribution in [-0.2, 0) is 4.74 Å². The van der Waals surface area contributed by atoms with E-state index in [0.717, 1.165) is 0 Å². The highest BCUT2D eigenvalue weighted by atomic mass is 16.5. The Hall–Kier alpha value is -1.52. The van der Waals surface area contributed by atoms with Gasteiger partial charge in [0.05, 0.1) is 6.61 Å². The number of carbonyl (C=O) groups excluding carboxylic acids is 1. The third-order valence-electron chi connectivity index (χ3n) is 2.63. The molecule has 0 saturated heterocycles. The van der Waals surface area contributed by atoms with Gasteiger partial charge in [0, 0.05) is 6.04 Å². The fraction of sp³-hybridized carbons (Fsp3) is 0.667. The molecule has 0 aromatic carbocycles. The molecule has 0 radical (unpaired) electrons. The first kappa shape index (κ1) is 13.5. The maximum atomic E-state index is 11.4. The molecule has 0 amide bonds. The number of carbonyl (C=O) groups is 1. The van der Waals surface area contributed by atoms with Crippen molar-refractivity contribution in [1.82, 2.24) is 4.98 Å². The molecule has 17 heavy (non-hydrogen) atoms. The van der Waals surface area contributed by atoms with E-state index in [2.05, 4.69) is 31.1 Å². The van der Waals surface area contributed by atoms with Crippen LogP contribution < -0.4 is 5.32 Å². The molecule has 0 aliphatic rings. The summed E-state index contributed by atoms with van der Waals surface area (Å²) in [7, 11) is 0. The highest BCUT2D eigenvalue weighted by Gasteiger charge is 2.22. The maximum absolute atomic E-state index is 11.4. The zero-order chi connectivity index (χ0) is 13.1. The SMILES string of the molecule is CCOC(=O)c1coc(NC(C)C(C)(C)C)n1. The van der Waals surface area contributed by atoms with Gasteiger partial charge in [-0.15, -0.1) is 0 Å². The van der Waals surface area contributed by atoms with Crippen LogP contribution in [0.25, 0.3) is 0 Å². The van der Waals surface area contributed by atoms with Crippen molar-refractivity contribution in [2.75, 3.05) is 11.9 Å². The summed E-state index contributed by atoms with van der Waals surface area (Å²) < 4.78 is 10.00. The van der Waals surface area contributed by atoms with Gasteiger partial charge in [0.1, 0.15) is 6.26 Å². The maximum Gasteiger partial charge on any atom is 0.360 e. The number of nitrogens with zero attached hydrogens (tertiary/aromatic N) is 1. The summed E-state index contributed by atoms with van der Waals surface area (Å²) >= 11 is 0. The Morgan fingerprint density at radius 2 is 2.24 bits per heavy atom. The van der Waals surface area contributed by atoms with Crippen molar-refractivity contribution in [1.29, 1.82) is 0 Å². The van der Waals surface area contributed by atoms with Crippen LogP contribution in [0.5, 0.6) is 0 Å². The van der Waals surface area contributed by atoms with Gasteiger partial charge in [-0.3, -0.25) is 0 Å². The van der Waals surface area contributed by atoms with Crippen LogP contribution in [0.4, 0.5) is 6.01 Å². The summed E-state index contributed by atoms with van der Waals surface area (Å²) in [6.45, 7) is 10.4. The molecule has 0 aliphatic carbocycles. The van der Waals surface area contributed by atoms with E-state index in [1.165, 1.54) is 6.26 Å². The van der Waals surface area contributed by atoms with E-state index in [4.69, 9.17) is 9.15 Å². The monoisotopic (exact) mass is 240 g/mol. The molecular formula is C12H20N2O3. The molecule has 5 heteroatoms. The van der Waals surface area contributed by atoms with Gasteiger partial charge in [0.25, 0.3) is 6.01 Å². The Bertz CT molecular complexity index is 379. The zero-order valence-corrected chi connectivity index (χ0v) is 11.0. The van der Waals surface area contributed by atoms with Crippen LogP contribution >= 0.6 is 0 Å². The quantitative estimate of drug-likeness (QED) is 0.820. The Kier molecular flexibility index (Phi) is 4.15. The zero-order valence-electron chi connectivity index (χ0n) is 11.0. The molecule has 1 aromatic rings. The molecule has 1 unspecified atom stereocenters. The standard InChI is InChI=1S/C12H20N2O3/c1-6-16-10(15)9-7-17-11(14-9)13-8(2)12(3,4)5/h7-8H,6H2,1-5H3,(H,13,14). The number of aromatic nitrogens is 1. The van der Waals surface area contributed by atoms with Crippen molar-refractivity contribution >= 4 is 12.0 Å². The third-order valence-corrected chi connectivity index (χ3v) is 2.63. The molecule has 1 aromatic heterocycles. The minimum Gasteiger partial charge on any atom is -0.461 e. The predicted octanol–water partition coefficient (Wildman–Crippen LogP) is 2.70. The van der Waals surface area contributed by atoms with Crippen LogP contribution in [0.2, 0.25) is 0 Å². The lowest BCUT2D eigenvalue weighted by molar-refractivity contribution is 0.0519. The van der Waals surface area contributed by atoms with E-state index in [1.54, 1.807) is 6.92 Å². The van der Waals surface area contributed by atoms with Gasteiger partial charge in [-0.1, -0.05) is 20.8 Å². The number of esters is 1. The number of rotatable bonds is 4. The van der Waals surface area contributed by atoms with Crippen molar-refractivity contribution in [3.8, 4) is 0 Å². The van der Waals surface area contributed by atoms with E-state index < -0.39 is 5.97 Å². The van der Waals surface area contributed by atoms with Crippen molar-refractivity contribution in [2.24, 2.45) is 5.41 Å². The minimum atomic E-state index is -0.465. The van der Waals surface area contributed by atoms with Crippen molar-refractivity contribution in [2.45, 2.75) is 40.7 Å². The smallest absolute Gasteiger partial charge is 0.360 e. The van der Waals surface area contributed by atoms with Gasteiger partial charge in [-0.05, 0) is 19.3 Å². The minimum absolute atomic E-state index is 0.0819. The molecule has 1 atom stereocenters. The van der Waals surface area contributed by atoms with Crippen LogP contribution in [0.1, 0.15) is 45.1 Å². The second-order valence-electron chi connectivity index (χ2n) is 4.99. The lowest BCUT2D eigenvalue weighted by Crippen LogP contribution is -2.30. The third kappa shape index (κ3) is 3.76. The summed E-state index contributed by atoms with van der Waals surface area (Å²) in [5.74, 6) is -0.465. The number of hydrogen-bond donors (Lipinski definition) is 1. The van der Waals surface area contributed by atoms with Gasteiger partial charge in [0.15, 0.2) is 5.69 Å². The van der Waals surface area contributed by atoms with Crippen molar-refractivity contribution in [3.63, 3.8) is 0 Å². The van der Waals surface area contributed by atoms with E-state index in [9.17, 15) is 4.79 Å². The van der Waals surface area contributed by atoms with Gasteiger partial charge >= 0.3 is 5.97 Å². The summed E-state index contributed by atoms with van der Waals surface area (Å²) in [4.78, 5) is 15.4. The Balaban J connectivity index is 2.66. The van der Waals surface area contributed by atoms with Gasteiger partial charge < -0.3 is 14.5 Å². The molecule has 0 fully saturated rings. The average Bonchev–Trinajstić information content (AvgIpc) is 2.65. The summed E-state index contributed by atoms with van der Waals surface area (Å²) in [6, 6.07) is 0.520. The number of anilines is 1. The fourth-order valence-electron chi connectivity index (χ4n) is 1.04. The molecule has 0 saturated carbocycles. The Morgan fingerprint density at radius 1 is 1.59 bits per heavy atom. The topological polar surface area (TPSA) is 64.4 Å². The van der Waals surface area contributed by atoms with E-state index in [-0.39, 0.29) is 17.2 Å². The molecule has 0 spiro atoms. The fourth-order valence-corrected chi connectivity index (χ4v) is 1.04. The molecule has 1 heterocycles.